The van der Waals surface area contributed by atoms with Crippen molar-refractivity contribution in [1.82, 2.24) is 14.5 Å². The average Bonchev–Trinajstić information content (AvgIpc) is 3.01. The minimum atomic E-state index is 0.0263. The summed E-state index contributed by atoms with van der Waals surface area (Å²) in [6.07, 6.45) is 3.85. The van der Waals surface area contributed by atoms with Gasteiger partial charge >= 0.3 is 0 Å². The van der Waals surface area contributed by atoms with Crippen molar-refractivity contribution in [3.8, 4) is 0 Å². The van der Waals surface area contributed by atoms with Gasteiger partial charge in [0.05, 0.1) is 18.7 Å². The first kappa shape index (κ1) is 12.3. The Hall–Kier alpha value is -2.40. The molecule has 3 heterocycles. The van der Waals surface area contributed by atoms with Crippen molar-refractivity contribution in [1.29, 1.82) is 0 Å². The molecule has 0 aliphatic carbocycles. The van der Waals surface area contributed by atoms with Crippen LogP contribution in [0.5, 0.6) is 0 Å². The molecule has 5 heteroatoms. The fraction of sp³-hybridized carbons (Fsp3) is 0.250. The van der Waals surface area contributed by atoms with Crippen molar-refractivity contribution >= 4 is 16.7 Å². The highest BCUT2D eigenvalue weighted by molar-refractivity contribution is 5.84. The van der Waals surface area contributed by atoms with Crippen molar-refractivity contribution in [2.45, 2.75) is 19.7 Å². The molecule has 1 aliphatic heterocycles. The van der Waals surface area contributed by atoms with Gasteiger partial charge in [0, 0.05) is 30.9 Å². The van der Waals surface area contributed by atoms with Crippen LogP contribution in [0, 0.1) is 0 Å². The van der Waals surface area contributed by atoms with E-state index in [1.54, 1.807) is 0 Å². The second kappa shape index (κ2) is 4.86. The molecule has 0 spiro atoms. The minimum absolute atomic E-state index is 0.0263. The van der Waals surface area contributed by atoms with E-state index in [1.807, 2.05) is 42.7 Å². The summed E-state index contributed by atoms with van der Waals surface area (Å²) < 4.78 is 2.17. The lowest BCUT2D eigenvalue weighted by molar-refractivity contribution is 0.283. The van der Waals surface area contributed by atoms with E-state index in [-0.39, 0.29) is 6.61 Å². The van der Waals surface area contributed by atoms with Gasteiger partial charge < -0.3 is 14.6 Å². The first-order valence-corrected chi connectivity index (χ1v) is 7.09. The number of benzene rings is 1. The smallest absolute Gasteiger partial charge is 0.130 e. The predicted molar refractivity (Wildman–Crippen MR) is 80.9 cm³/mol. The van der Waals surface area contributed by atoms with E-state index in [9.17, 15) is 5.11 Å². The Balaban J connectivity index is 1.77. The van der Waals surface area contributed by atoms with Gasteiger partial charge in [0.15, 0.2) is 0 Å². The summed E-state index contributed by atoms with van der Waals surface area (Å²) in [5.41, 5.74) is 1.84. The molecule has 0 fully saturated rings. The number of aromatic nitrogens is 3. The molecule has 0 atom stereocenters. The molecular weight excluding hydrogens is 264 g/mol. The maximum atomic E-state index is 9.62. The van der Waals surface area contributed by atoms with Crippen molar-refractivity contribution in [3.63, 3.8) is 0 Å². The van der Waals surface area contributed by atoms with Crippen molar-refractivity contribution < 1.29 is 5.11 Å². The molecule has 21 heavy (non-hydrogen) atoms. The minimum Gasteiger partial charge on any atom is -0.392 e. The number of hydrogen-bond donors (Lipinski definition) is 1. The third kappa shape index (κ3) is 2.06. The molecule has 1 aromatic carbocycles. The summed E-state index contributed by atoms with van der Waals surface area (Å²) >= 11 is 0. The van der Waals surface area contributed by atoms with Gasteiger partial charge in [-0.15, -0.1) is 0 Å². The van der Waals surface area contributed by atoms with Crippen LogP contribution in [0.3, 0.4) is 0 Å². The normalized spacial score (nSPS) is 14.4. The maximum Gasteiger partial charge on any atom is 0.130 e. The lowest BCUT2D eigenvalue weighted by Crippen LogP contribution is -2.34. The van der Waals surface area contributed by atoms with Crippen LogP contribution < -0.4 is 4.90 Å². The number of nitrogens with zero attached hydrogens (tertiary/aromatic N) is 4. The Kier molecular flexibility index (Phi) is 2.86. The number of para-hydroxylation sites is 1. The first-order valence-electron chi connectivity index (χ1n) is 7.09. The SMILES string of the molecule is OCc1cc(N2CCn3ccnc3C2)nc2ccccc12. The number of fused-ring (bicyclic) bond motifs is 2. The van der Waals surface area contributed by atoms with Gasteiger partial charge in [-0.2, -0.15) is 0 Å². The molecule has 0 saturated carbocycles. The zero-order valence-electron chi connectivity index (χ0n) is 11.6. The highest BCUT2D eigenvalue weighted by Gasteiger charge is 2.18. The molecule has 0 saturated heterocycles. The van der Waals surface area contributed by atoms with E-state index >= 15 is 0 Å². The van der Waals surface area contributed by atoms with Crippen LogP contribution in [0.1, 0.15) is 11.4 Å². The molecule has 3 aromatic rings. The molecule has 1 aliphatic rings. The highest BCUT2D eigenvalue weighted by Crippen LogP contribution is 2.25. The lowest BCUT2D eigenvalue weighted by Gasteiger charge is -2.29. The second-order valence-electron chi connectivity index (χ2n) is 5.27. The van der Waals surface area contributed by atoms with Crippen LogP contribution in [0.25, 0.3) is 10.9 Å². The molecule has 4 rings (SSSR count). The molecule has 0 bridgehead atoms. The predicted octanol–water partition coefficient (Wildman–Crippen LogP) is 1.94. The van der Waals surface area contributed by atoms with Crippen LogP contribution in [0.15, 0.2) is 42.7 Å². The summed E-state index contributed by atoms with van der Waals surface area (Å²) in [4.78, 5) is 11.3. The summed E-state index contributed by atoms with van der Waals surface area (Å²) in [6.45, 7) is 2.60. The van der Waals surface area contributed by atoms with Gasteiger partial charge in [0.1, 0.15) is 11.6 Å². The average molecular weight is 280 g/mol. The van der Waals surface area contributed by atoms with E-state index in [2.05, 4.69) is 14.5 Å². The Labute approximate surface area is 122 Å². The van der Waals surface area contributed by atoms with Gasteiger partial charge in [-0.05, 0) is 17.7 Å². The van der Waals surface area contributed by atoms with Crippen LogP contribution in [-0.2, 0) is 19.7 Å². The maximum absolute atomic E-state index is 9.62. The Bertz CT molecular complexity index is 796. The van der Waals surface area contributed by atoms with E-state index < -0.39 is 0 Å². The zero-order chi connectivity index (χ0) is 14.2. The van der Waals surface area contributed by atoms with Crippen molar-refractivity contribution in [3.05, 3.63) is 54.1 Å². The number of pyridine rings is 1. The second-order valence-corrected chi connectivity index (χ2v) is 5.27. The van der Waals surface area contributed by atoms with E-state index in [4.69, 9.17) is 4.98 Å². The monoisotopic (exact) mass is 280 g/mol. The highest BCUT2D eigenvalue weighted by atomic mass is 16.3. The standard InChI is InChI=1S/C16H16N4O/c21-11-12-9-15(18-14-4-2-1-3-13(12)14)20-8-7-19-6-5-17-16(19)10-20/h1-6,9,21H,7-8,10-11H2. The van der Waals surface area contributed by atoms with Crippen LogP contribution in [0.2, 0.25) is 0 Å². The largest absolute Gasteiger partial charge is 0.392 e. The van der Waals surface area contributed by atoms with Crippen LogP contribution >= 0.6 is 0 Å². The van der Waals surface area contributed by atoms with Crippen LogP contribution in [-0.4, -0.2) is 26.2 Å². The molecule has 0 radical (unpaired) electrons. The number of aliphatic hydroxyl groups is 1. The molecular formula is C16H16N4O. The zero-order valence-corrected chi connectivity index (χ0v) is 11.6. The number of rotatable bonds is 2. The van der Waals surface area contributed by atoms with E-state index in [0.29, 0.717) is 0 Å². The summed E-state index contributed by atoms with van der Waals surface area (Å²) in [6, 6.07) is 9.92. The van der Waals surface area contributed by atoms with E-state index in [0.717, 1.165) is 47.7 Å². The summed E-state index contributed by atoms with van der Waals surface area (Å²) in [5, 5.41) is 10.6. The third-order valence-corrected chi connectivity index (χ3v) is 4.03. The Morgan fingerprint density at radius 1 is 1.19 bits per heavy atom. The van der Waals surface area contributed by atoms with Gasteiger partial charge in [-0.3, -0.25) is 0 Å². The molecule has 1 N–H and O–H groups in total. The molecule has 0 unspecified atom stereocenters. The topological polar surface area (TPSA) is 54.2 Å². The van der Waals surface area contributed by atoms with Crippen molar-refractivity contribution in [2.75, 3.05) is 11.4 Å². The van der Waals surface area contributed by atoms with Gasteiger partial charge in [-0.1, -0.05) is 18.2 Å². The fourth-order valence-electron chi connectivity index (χ4n) is 2.89. The third-order valence-electron chi connectivity index (χ3n) is 4.03. The van der Waals surface area contributed by atoms with Gasteiger partial charge in [-0.25, -0.2) is 9.97 Å². The first-order chi connectivity index (χ1) is 10.3. The summed E-state index contributed by atoms with van der Waals surface area (Å²) in [7, 11) is 0. The van der Waals surface area contributed by atoms with Crippen LogP contribution in [0.4, 0.5) is 5.82 Å². The number of aliphatic hydroxyl groups excluding tert-OH is 1. The Morgan fingerprint density at radius 3 is 3.00 bits per heavy atom. The fourth-order valence-corrected chi connectivity index (χ4v) is 2.89. The van der Waals surface area contributed by atoms with Crippen molar-refractivity contribution in [2.24, 2.45) is 0 Å². The van der Waals surface area contributed by atoms with Gasteiger partial charge in [0.25, 0.3) is 0 Å². The molecule has 106 valence electrons. The van der Waals surface area contributed by atoms with Gasteiger partial charge in [0.2, 0.25) is 0 Å². The Morgan fingerprint density at radius 2 is 2.10 bits per heavy atom. The lowest BCUT2D eigenvalue weighted by atomic mass is 10.1. The quantitative estimate of drug-likeness (QED) is 0.779. The van der Waals surface area contributed by atoms with E-state index in [1.165, 1.54) is 0 Å². The number of hydrogen-bond acceptors (Lipinski definition) is 4. The molecule has 5 nitrogen and oxygen atoms in total. The summed E-state index contributed by atoms with van der Waals surface area (Å²) in [5.74, 6) is 1.97. The number of anilines is 1. The molecule has 2 aromatic heterocycles. The number of imidazole rings is 1. The molecule has 0 amide bonds.